The molecule has 2 rings (SSSR count). The molecular weight excluding hydrogens is 246 g/mol. The lowest BCUT2D eigenvalue weighted by Gasteiger charge is -2.35. The third-order valence-corrected chi connectivity index (χ3v) is 4.64. The molecule has 112 valence electrons. The summed E-state index contributed by atoms with van der Waals surface area (Å²) in [6, 6.07) is 5.03. The Morgan fingerprint density at radius 2 is 1.90 bits per heavy atom. The van der Waals surface area contributed by atoms with Gasteiger partial charge in [-0.1, -0.05) is 26.8 Å². The maximum atomic E-state index is 4.67. The summed E-state index contributed by atoms with van der Waals surface area (Å²) in [6.07, 6.45) is 4.55. The summed E-state index contributed by atoms with van der Waals surface area (Å²) in [4.78, 5) is 7.09. The Kier molecular flexibility index (Phi) is 4.69. The first-order valence-corrected chi connectivity index (χ1v) is 7.80. The van der Waals surface area contributed by atoms with Crippen LogP contribution in [0.25, 0.3) is 0 Å². The van der Waals surface area contributed by atoms with Gasteiger partial charge >= 0.3 is 0 Å². The third kappa shape index (κ3) is 3.51. The number of pyridine rings is 1. The molecule has 1 unspecified atom stereocenters. The number of nitrogens with one attached hydrogen (secondary N) is 1. The van der Waals surface area contributed by atoms with Crippen LogP contribution >= 0.6 is 0 Å². The van der Waals surface area contributed by atoms with E-state index in [1.807, 2.05) is 6.20 Å². The van der Waals surface area contributed by atoms with E-state index in [0.29, 0.717) is 6.04 Å². The van der Waals surface area contributed by atoms with Crippen molar-refractivity contribution in [2.75, 3.05) is 25.0 Å². The summed E-state index contributed by atoms with van der Waals surface area (Å²) >= 11 is 0. The minimum absolute atomic E-state index is 0.181. The number of piperidine rings is 1. The van der Waals surface area contributed by atoms with Crippen molar-refractivity contribution >= 4 is 5.82 Å². The number of aromatic nitrogens is 1. The zero-order valence-electron chi connectivity index (χ0n) is 13.6. The molecule has 0 spiro atoms. The molecule has 3 heteroatoms. The lowest BCUT2D eigenvalue weighted by Crippen LogP contribution is -2.41. The Balaban J connectivity index is 1.97. The van der Waals surface area contributed by atoms with Crippen LogP contribution in [-0.4, -0.2) is 31.2 Å². The van der Waals surface area contributed by atoms with Crippen LogP contribution in [0.1, 0.15) is 46.1 Å². The van der Waals surface area contributed by atoms with Crippen molar-refractivity contribution in [3.8, 4) is 0 Å². The minimum Gasteiger partial charge on any atom is -0.357 e. The van der Waals surface area contributed by atoms with Gasteiger partial charge in [-0.3, -0.25) is 0 Å². The lowest BCUT2D eigenvalue weighted by atomic mass is 9.88. The van der Waals surface area contributed by atoms with Gasteiger partial charge in [-0.05, 0) is 49.8 Å². The second-order valence-electron chi connectivity index (χ2n) is 7.06. The predicted octanol–water partition coefficient (Wildman–Crippen LogP) is 3.20. The summed E-state index contributed by atoms with van der Waals surface area (Å²) in [5, 5.41) is 3.38. The van der Waals surface area contributed by atoms with Gasteiger partial charge in [-0.25, -0.2) is 4.98 Å². The molecule has 3 nitrogen and oxygen atoms in total. The molecule has 0 amide bonds. The van der Waals surface area contributed by atoms with Crippen molar-refractivity contribution in [3.05, 3.63) is 23.9 Å². The van der Waals surface area contributed by atoms with Crippen molar-refractivity contribution in [1.29, 1.82) is 0 Å². The second-order valence-corrected chi connectivity index (χ2v) is 7.06. The van der Waals surface area contributed by atoms with E-state index in [-0.39, 0.29) is 5.41 Å². The van der Waals surface area contributed by atoms with Crippen LogP contribution < -0.4 is 10.2 Å². The first kappa shape index (κ1) is 15.3. The highest BCUT2D eigenvalue weighted by Gasteiger charge is 2.24. The Bertz CT molecular complexity index is 411. The molecular formula is C17H29N3. The molecule has 0 bridgehead atoms. The van der Waals surface area contributed by atoms with Crippen LogP contribution in [0, 0.1) is 5.92 Å². The molecule has 20 heavy (non-hydrogen) atoms. The summed E-state index contributed by atoms with van der Waals surface area (Å²) in [7, 11) is 2.06. The van der Waals surface area contributed by atoms with Gasteiger partial charge < -0.3 is 10.2 Å². The Morgan fingerprint density at radius 3 is 2.35 bits per heavy atom. The highest BCUT2D eigenvalue weighted by Crippen LogP contribution is 2.26. The van der Waals surface area contributed by atoms with Crippen LogP contribution in [0.5, 0.6) is 0 Å². The number of hydrogen-bond donors (Lipinski definition) is 1. The van der Waals surface area contributed by atoms with Crippen LogP contribution in [0.15, 0.2) is 18.3 Å². The molecule has 0 radical (unpaired) electrons. The van der Waals surface area contributed by atoms with E-state index in [2.05, 4.69) is 62.1 Å². The fraction of sp³-hybridized carbons (Fsp3) is 0.706. The van der Waals surface area contributed by atoms with Crippen LogP contribution in [-0.2, 0) is 5.41 Å². The molecule has 1 N–H and O–H groups in total. The molecule has 2 heterocycles. The molecule has 1 atom stereocenters. The highest BCUT2D eigenvalue weighted by molar-refractivity contribution is 5.40. The fourth-order valence-electron chi connectivity index (χ4n) is 2.88. The van der Waals surface area contributed by atoms with Gasteiger partial charge in [0.05, 0.1) is 0 Å². The number of nitrogens with zero attached hydrogens (tertiary/aromatic N) is 2. The predicted molar refractivity (Wildman–Crippen MR) is 86.4 cm³/mol. The quantitative estimate of drug-likeness (QED) is 0.918. The average Bonchev–Trinajstić information content (AvgIpc) is 2.46. The summed E-state index contributed by atoms with van der Waals surface area (Å²) < 4.78 is 0. The van der Waals surface area contributed by atoms with Crippen molar-refractivity contribution in [1.82, 2.24) is 10.3 Å². The van der Waals surface area contributed by atoms with Gasteiger partial charge in [-0.2, -0.15) is 0 Å². The molecule has 0 aromatic carbocycles. The molecule has 0 aliphatic carbocycles. The Labute approximate surface area is 123 Å². The summed E-state index contributed by atoms with van der Waals surface area (Å²) in [5.74, 6) is 1.93. The zero-order valence-corrected chi connectivity index (χ0v) is 13.6. The lowest BCUT2D eigenvalue weighted by molar-refractivity contribution is 0.323. The minimum atomic E-state index is 0.181. The van der Waals surface area contributed by atoms with Gasteiger partial charge in [0.15, 0.2) is 0 Å². The topological polar surface area (TPSA) is 28.2 Å². The molecule has 1 aliphatic heterocycles. The molecule has 1 fully saturated rings. The van der Waals surface area contributed by atoms with Crippen LogP contribution in [0.4, 0.5) is 5.82 Å². The van der Waals surface area contributed by atoms with E-state index < -0.39 is 0 Å². The largest absolute Gasteiger partial charge is 0.357 e. The Hall–Kier alpha value is -1.09. The normalized spacial score (nSPS) is 19.1. The van der Waals surface area contributed by atoms with Gasteiger partial charge in [0.2, 0.25) is 0 Å². The van der Waals surface area contributed by atoms with Crippen molar-refractivity contribution in [2.45, 2.75) is 52.0 Å². The standard InChI is InChI=1S/C17H29N3/c1-13(18-5)14-8-10-20(11-9-14)16-7-6-15(12-19-16)17(2,3)4/h6-7,12-14,18H,8-11H2,1-5H3. The number of anilines is 1. The van der Waals surface area contributed by atoms with E-state index in [0.717, 1.165) is 24.8 Å². The monoisotopic (exact) mass is 275 g/mol. The number of hydrogen-bond acceptors (Lipinski definition) is 3. The Morgan fingerprint density at radius 1 is 1.25 bits per heavy atom. The molecule has 1 aromatic rings. The fourth-order valence-corrected chi connectivity index (χ4v) is 2.88. The average molecular weight is 275 g/mol. The van der Waals surface area contributed by atoms with Crippen LogP contribution in [0.3, 0.4) is 0 Å². The van der Waals surface area contributed by atoms with E-state index in [1.165, 1.54) is 18.4 Å². The highest BCUT2D eigenvalue weighted by atomic mass is 15.2. The first-order chi connectivity index (χ1) is 9.41. The van der Waals surface area contributed by atoms with Gasteiger partial charge in [-0.15, -0.1) is 0 Å². The smallest absolute Gasteiger partial charge is 0.128 e. The second kappa shape index (κ2) is 6.13. The van der Waals surface area contributed by atoms with Crippen molar-refractivity contribution < 1.29 is 0 Å². The first-order valence-electron chi connectivity index (χ1n) is 7.80. The summed E-state index contributed by atoms with van der Waals surface area (Å²) in [6.45, 7) is 11.2. The molecule has 1 aliphatic rings. The van der Waals surface area contributed by atoms with E-state index in [4.69, 9.17) is 0 Å². The van der Waals surface area contributed by atoms with Crippen LogP contribution in [0.2, 0.25) is 0 Å². The maximum absolute atomic E-state index is 4.67. The van der Waals surface area contributed by atoms with Gasteiger partial charge in [0.25, 0.3) is 0 Å². The molecule has 0 saturated carbocycles. The van der Waals surface area contributed by atoms with Gasteiger partial charge in [0.1, 0.15) is 5.82 Å². The van der Waals surface area contributed by atoms with Gasteiger partial charge in [0, 0.05) is 25.3 Å². The SMILES string of the molecule is CNC(C)C1CCN(c2ccc(C(C)(C)C)cn2)CC1. The van der Waals surface area contributed by atoms with Crippen molar-refractivity contribution in [2.24, 2.45) is 5.92 Å². The third-order valence-electron chi connectivity index (χ3n) is 4.64. The van der Waals surface area contributed by atoms with E-state index in [9.17, 15) is 0 Å². The number of rotatable bonds is 3. The van der Waals surface area contributed by atoms with E-state index in [1.54, 1.807) is 0 Å². The molecule has 1 aromatic heterocycles. The molecule has 1 saturated heterocycles. The summed E-state index contributed by atoms with van der Waals surface area (Å²) in [5.41, 5.74) is 1.49. The van der Waals surface area contributed by atoms with E-state index >= 15 is 0 Å². The maximum Gasteiger partial charge on any atom is 0.128 e. The zero-order chi connectivity index (χ0) is 14.8. The van der Waals surface area contributed by atoms with Crippen molar-refractivity contribution in [3.63, 3.8) is 0 Å².